The van der Waals surface area contributed by atoms with Crippen molar-refractivity contribution in [2.45, 2.75) is 71.9 Å². The van der Waals surface area contributed by atoms with Gasteiger partial charge in [0.1, 0.15) is 0 Å². The molecule has 1 saturated heterocycles. The zero-order valence-corrected chi connectivity index (χ0v) is 16.6. The quantitative estimate of drug-likeness (QED) is 0.823. The maximum absolute atomic E-state index is 12.7. The third-order valence-corrected chi connectivity index (χ3v) is 5.91. The van der Waals surface area contributed by atoms with E-state index in [1.54, 1.807) is 12.1 Å². The average Bonchev–Trinajstić information content (AvgIpc) is 2.94. The van der Waals surface area contributed by atoms with Crippen molar-refractivity contribution in [2.24, 2.45) is 11.3 Å². The van der Waals surface area contributed by atoms with Gasteiger partial charge in [0, 0.05) is 24.4 Å². The molecule has 27 heavy (non-hydrogen) atoms. The lowest BCUT2D eigenvalue weighted by atomic mass is 9.69. The average molecular weight is 370 g/mol. The van der Waals surface area contributed by atoms with Gasteiger partial charge in [0.05, 0.1) is 6.54 Å². The van der Waals surface area contributed by atoms with Crippen molar-refractivity contribution in [3.63, 3.8) is 0 Å². The van der Waals surface area contributed by atoms with Crippen LogP contribution in [0.25, 0.3) is 0 Å². The lowest BCUT2D eigenvalue weighted by Crippen LogP contribution is -2.46. The standard InChI is InChI=1S/C22H30N2O3/c1-22(2,3)17-6-4-5-7-18(17)23-21(27)16-10-8-15(9-11-16)14-24-19(25)12-13-20(24)26/h8-11,17-18H,4-7,12-14H2,1-3H3,(H,23,27). The van der Waals surface area contributed by atoms with Gasteiger partial charge >= 0.3 is 0 Å². The molecule has 1 aliphatic carbocycles. The van der Waals surface area contributed by atoms with Crippen LogP contribution in [0.15, 0.2) is 24.3 Å². The number of rotatable bonds is 4. The van der Waals surface area contributed by atoms with Crippen LogP contribution in [0.1, 0.15) is 75.2 Å². The monoisotopic (exact) mass is 370 g/mol. The van der Waals surface area contributed by atoms with Crippen molar-refractivity contribution in [2.75, 3.05) is 0 Å². The van der Waals surface area contributed by atoms with Crippen molar-refractivity contribution >= 4 is 17.7 Å². The van der Waals surface area contributed by atoms with Crippen LogP contribution in [0, 0.1) is 11.3 Å². The van der Waals surface area contributed by atoms with E-state index in [1.165, 1.54) is 11.3 Å². The summed E-state index contributed by atoms with van der Waals surface area (Å²) in [6.07, 6.45) is 5.19. The first-order valence-corrected chi connectivity index (χ1v) is 9.99. The Morgan fingerprint density at radius 2 is 1.63 bits per heavy atom. The molecule has 1 aromatic carbocycles. The fraction of sp³-hybridized carbons (Fsp3) is 0.591. The van der Waals surface area contributed by atoms with Crippen LogP contribution in [0.5, 0.6) is 0 Å². The Kier molecular flexibility index (Phi) is 5.68. The van der Waals surface area contributed by atoms with Crippen molar-refractivity contribution in [3.05, 3.63) is 35.4 Å². The molecule has 2 unspecified atom stereocenters. The predicted molar refractivity (Wildman–Crippen MR) is 104 cm³/mol. The molecule has 5 nitrogen and oxygen atoms in total. The maximum Gasteiger partial charge on any atom is 0.251 e. The van der Waals surface area contributed by atoms with Gasteiger partial charge in [-0.3, -0.25) is 19.3 Å². The number of carbonyl (C=O) groups excluding carboxylic acids is 3. The van der Waals surface area contributed by atoms with Crippen molar-refractivity contribution in [1.82, 2.24) is 10.2 Å². The second kappa shape index (κ2) is 7.83. The Balaban J connectivity index is 1.63. The highest BCUT2D eigenvalue weighted by molar-refractivity contribution is 6.01. The lowest BCUT2D eigenvalue weighted by Gasteiger charge is -2.40. The third kappa shape index (κ3) is 4.57. The molecule has 0 spiro atoms. The summed E-state index contributed by atoms with van der Waals surface area (Å²) < 4.78 is 0. The number of carbonyl (C=O) groups is 3. The first-order valence-electron chi connectivity index (χ1n) is 9.99. The third-order valence-electron chi connectivity index (χ3n) is 5.91. The Morgan fingerprint density at radius 3 is 2.22 bits per heavy atom. The molecule has 0 aromatic heterocycles. The zero-order chi connectivity index (χ0) is 19.6. The topological polar surface area (TPSA) is 66.5 Å². The highest BCUT2D eigenvalue weighted by atomic mass is 16.2. The van der Waals surface area contributed by atoms with E-state index in [0.29, 0.717) is 24.3 Å². The summed E-state index contributed by atoms with van der Waals surface area (Å²) in [7, 11) is 0. The van der Waals surface area contributed by atoms with Gasteiger partial charge in [-0.05, 0) is 41.9 Å². The van der Waals surface area contributed by atoms with Crippen LogP contribution in [0.3, 0.4) is 0 Å². The van der Waals surface area contributed by atoms with E-state index < -0.39 is 0 Å². The zero-order valence-electron chi connectivity index (χ0n) is 16.6. The van der Waals surface area contributed by atoms with E-state index in [2.05, 4.69) is 26.1 Å². The van der Waals surface area contributed by atoms with Gasteiger partial charge in [-0.2, -0.15) is 0 Å². The molecule has 0 bridgehead atoms. The molecule has 146 valence electrons. The smallest absolute Gasteiger partial charge is 0.251 e. The second-order valence-corrected chi connectivity index (χ2v) is 8.91. The number of hydrogen-bond acceptors (Lipinski definition) is 3. The van der Waals surface area contributed by atoms with Gasteiger partial charge in [-0.1, -0.05) is 45.7 Å². The molecule has 3 amide bonds. The minimum absolute atomic E-state index is 0.0453. The van der Waals surface area contributed by atoms with Gasteiger partial charge in [-0.15, -0.1) is 0 Å². The first-order chi connectivity index (χ1) is 12.8. The van der Waals surface area contributed by atoms with Crippen LogP contribution in [0.4, 0.5) is 0 Å². The van der Waals surface area contributed by atoms with E-state index in [0.717, 1.165) is 24.8 Å². The molecule has 0 radical (unpaired) electrons. The molecule has 1 N–H and O–H groups in total. The molecule has 1 aliphatic heterocycles. The summed E-state index contributed by atoms with van der Waals surface area (Å²) in [5.41, 5.74) is 1.66. The Hall–Kier alpha value is -2.17. The van der Waals surface area contributed by atoms with Crippen LogP contribution in [0.2, 0.25) is 0 Å². The molecule has 1 heterocycles. The number of nitrogens with one attached hydrogen (secondary N) is 1. The molecular weight excluding hydrogens is 340 g/mol. The largest absolute Gasteiger partial charge is 0.349 e. The molecule has 3 rings (SSSR count). The summed E-state index contributed by atoms with van der Waals surface area (Å²) in [5, 5.41) is 3.24. The van der Waals surface area contributed by atoms with E-state index in [9.17, 15) is 14.4 Å². The molecule has 1 aromatic rings. The number of imide groups is 1. The van der Waals surface area contributed by atoms with E-state index in [1.807, 2.05) is 12.1 Å². The van der Waals surface area contributed by atoms with Crippen molar-refractivity contribution in [3.8, 4) is 0 Å². The number of nitrogens with zero attached hydrogens (tertiary/aromatic N) is 1. The fourth-order valence-corrected chi connectivity index (χ4v) is 4.34. The van der Waals surface area contributed by atoms with Crippen molar-refractivity contribution in [1.29, 1.82) is 0 Å². The number of likely N-dealkylation sites (tertiary alicyclic amines) is 1. The Bertz CT molecular complexity index is 702. The molecule has 5 heteroatoms. The van der Waals surface area contributed by atoms with Gasteiger partial charge in [0.15, 0.2) is 0 Å². The molecule has 1 saturated carbocycles. The highest BCUT2D eigenvalue weighted by Gasteiger charge is 2.35. The molecule has 2 aliphatic rings. The van der Waals surface area contributed by atoms with Crippen LogP contribution in [-0.2, 0) is 16.1 Å². The normalized spacial score (nSPS) is 23.6. The maximum atomic E-state index is 12.7. The van der Waals surface area contributed by atoms with Gasteiger partial charge in [0.25, 0.3) is 5.91 Å². The van der Waals surface area contributed by atoms with E-state index in [4.69, 9.17) is 0 Å². The second-order valence-electron chi connectivity index (χ2n) is 8.91. The number of benzene rings is 1. The van der Waals surface area contributed by atoms with Gasteiger partial charge < -0.3 is 5.32 Å². The molecule has 2 fully saturated rings. The molecule has 2 atom stereocenters. The van der Waals surface area contributed by atoms with Gasteiger partial charge in [-0.25, -0.2) is 0 Å². The summed E-state index contributed by atoms with van der Waals surface area (Å²) in [5.74, 6) is 0.206. The Morgan fingerprint density at radius 1 is 1.04 bits per heavy atom. The van der Waals surface area contributed by atoms with Gasteiger partial charge in [0.2, 0.25) is 11.8 Å². The summed E-state index contributed by atoms with van der Waals surface area (Å²) in [6, 6.07) is 7.44. The minimum atomic E-state index is -0.118. The van der Waals surface area contributed by atoms with Crippen LogP contribution in [-0.4, -0.2) is 28.7 Å². The minimum Gasteiger partial charge on any atom is -0.349 e. The van der Waals surface area contributed by atoms with Crippen LogP contribution < -0.4 is 5.32 Å². The predicted octanol–water partition coefficient (Wildman–Crippen LogP) is 3.67. The van der Waals surface area contributed by atoms with E-state index in [-0.39, 0.29) is 35.7 Å². The lowest BCUT2D eigenvalue weighted by molar-refractivity contribution is -0.139. The SMILES string of the molecule is CC(C)(C)C1CCCCC1NC(=O)c1ccc(CN2C(=O)CCC2=O)cc1. The van der Waals surface area contributed by atoms with E-state index >= 15 is 0 Å². The Labute approximate surface area is 161 Å². The summed E-state index contributed by atoms with van der Waals surface area (Å²) in [6.45, 7) is 7.03. The molecular formula is C22H30N2O3. The number of amides is 3. The van der Waals surface area contributed by atoms with Crippen LogP contribution >= 0.6 is 0 Å². The number of hydrogen-bond donors (Lipinski definition) is 1. The fourth-order valence-electron chi connectivity index (χ4n) is 4.34. The summed E-state index contributed by atoms with van der Waals surface area (Å²) >= 11 is 0. The summed E-state index contributed by atoms with van der Waals surface area (Å²) in [4.78, 5) is 37.5. The highest BCUT2D eigenvalue weighted by Crippen LogP contribution is 2.38. The first kappa shape index (κ1) is 19.6. The van der Waals surface area contributed by atoms with Crippen molar-refractivity contribution < 1.29 is 14.4 Å².